The van der Waals surface area contributed by atoms with Gasteiger partial charge >= 0.3 is 12.1 Å². The third-order valence-electron chi connectivity index (χ3n) is 3.13. The molecule has 20 heavy (non-hydrogen) atoms. The van der Waals surface area contributed by atoms with E-state index in [0.717, 1.165) is 25.7 Å². The van der Waals surface area contributed by atoms with Crippen molar-refractivity contribution in [3.63, 3.8) is 0 Å². The van der Waals surface area contributed by atoms with Gasteiger partial charge in [-0.15, -0.1) is 11.3 Å². The third kappa shape index (κ3) is 3.88. The molecule has 0 unspecified atom stereocenters. The van der Waals surface area contributed by atoms with Crippen LogP contribution in [-0.2, 0) is 11.9 Å². The number of rotatable bonds is 4. The lowest BCUT2D eigenvalue weighted by Crippen LogP contribution is -2.11. The van der Waals surface area contributed by atoms with Crippen LogP contribution < -0.4 is 0 Å². The molecule has 0 aromatic carbocycles. The molecule has 1 fully saturated rings. The zero-order chi connectivity index (χ0) is 14.8. The van der Waals surface area contributed by atoms with Crippen LogP contribution in [0.15, 0.2) is 0 Å². The number of alkyl halides is 3. The van der Waals surface area contributed by atoms with E-state index < -0.39 is 22.7 Å². The summed E-state index contributed by atoms with van der Waals surface area (Å²) in [5, 5.41) is 9.52. The Morgan fingerprint density at radius 2 is 2.00 bits per heavy atom. The van der Waals surface area contributed by atoms with Gasteiger partial charge in [0.1, 0.15) is 9.88 Å². The third-order valence-corrected chi connectivity index (χ3v) is 5.74. The summed E-state index contributed by atoms with van der Waals surface area (Å²) < 4.78 is 38.1. The maximum absolute atomic E-state index is 12.7. The van der Waals surface area contributed by atoms with Gasteiger partial charge in [0.15, 0.2) is 5.69 Å². The van der Waals surface area contributed by atoms with E-state index >= 15 is 0 Å². The van der Waals surface area contributed by atoms with Crippen LogP contribution in [0.5, 0.6) is 0 Å². The monoisotopic (exact) mass is 325 g/mol. The average molecular weight is 325 g/mol. The lowest BCUT2D eigenvalue weighted by molar-refractivity contribution is -0.141. The molecule has 8 heteroatoms. The number of nitrogens with zero attached hydrogens (tertiary/aromatic N) is 1. The van der Waals surface area contributed by atoms with Crippen molar-refractivity contribution < 1.29 is 23.1 Å². The minimum absolute atomic E-state index is 0.241. The highest BCUT2D eigenvalue weighted by Gasteiger charge is 2.39. The molecule has 1 heterocycles. The molecule has 0 atom stereocenters. The molecular formula is C12H14F3NO2S2. The van der Waals surface area contributed by atoms with E-state index in [1.165, 1.54) is 6.42 Å². The Labute approximate surface area is 122 Å². The van der Waals surface area contributed by atoms with E-state index in [1.54, 1.807) is 11.8 Å². The fourth-order valence-electron chi connectivity index (χ4n) is 2.18. The van der Waals surface area contributed by atoms with E-state index in [9.17, 15) is 18.0 Å². The molecule has 0 bridgehead atoms. The molecule has 112 valence electrons. The number of carbonyl (C=O) groups is 1. The maximum atomic E-state index is 12.7. The number of halogens is 3. The number of thioether (sulfide) groups is 1. The molecule has 1 aromatic heterocycles. The Hall–Kier alpha value is -0.760. The van der Waals surface area contributed by atoms with Crippen LogP contribution in [-0.4, -0.2) is 21.3 Å². The topological polar surface area (TPSA) is 50.2 Å². The Balaban J connectivity index is 2.06. The molecule has 0 saturated heterocycles. The Morgan fingerprint density at radius 3 is 2.50 bits per heavy atom. The van der Waals surface area contributed by atoms with Crippen molar-refractivity contribution in [2.24, 2.45) is 0 Å². The summed E-state index contributed by atoms with van der Waals surface area (Å²) in [6.45, 7) is 0. The molecule has 2 rings (SSSR count). The van der Waals surface area contributed by atoms with E-state index in [-0.39, 0.29) is 5.01 Å². The van der Waals surface area contributed by atoms with Crippen LogP contribution >= 0.6 is 23.1 Å². The maximum Gasteiger partial charge on any atom is 0.435 e. The van der Waals surface area contributed by atoms with Crippen molar-refractivity contribution in [2.45, 2.75) is 49.3 Å². The van der Waals surface area contributed by atoms with Gasteiger partial charge in [0.25, 0.3) is 0 Å². The summed E-state index contributed by atoms with van der Waals surface area (Å²) >= 11 is 2.21. The molecule has 3 nitrogen and oxygen atoms in total. The molecule has 0 amide bonds. The summed E-state index contributed by atoms with van der Waals surface area (Å²) in [6, 6.07) is 0. The smallest absolute Gasteiger partial charge is 0.435 e. The van der Waals surface area contributed by atoms with Gasteiger partial charge in [0.05, 0.1) is 0 Å². The van der Waals surface area contributed by atoms with E-state index in [0.29, 0.717) is 22.3 Å². The number of carboxylic acids is 1. The van der Waals surface area contributed by atoms with Crippen LogP contribution in [0.25, 0.3) is 0 Å². The van der Waals surface area contributed by atoms with Gasteiger partial charge in [-0.3, -0.25) is 0 Å². The molecule has 1 aromatic rings. The highest BCUT2D eigenvalue weighted by Crippen LogP contribution is 2.37. The average Bonchev–Trinajstić information content (AvgIpc) is 2.82. The summed E-state index contributed by atoms with van der Waals surface area (Å²) in [5.41, 5.74) is -1.27. The second kappa shape index (κ2) is 6.34. The normalized spacial score (nSPS) is 17.4. The number of hydrogen-bond acceptors (Lipinski definition) is 4. The van der Waals surface area contributed by atoms with Gasteiger partial charge in [-0.1, -0.05) is 19.3 Å². The van der Waals surface area contributed by atoms with Gasteiger partial charge in [-0.25, -0.2) is 9.78 Å². The molecule has 1 saturated carbocycles. The van der Waals surface area contributed by atoms with Crippen LogP contribution in [0.3, 0.4) is 0 Å². The van der Waals surface area contributed by atoms with E-state index in [1.807, 2.05) is 0 Å². The molecule has 1 aliphatic carbocycles. The van der Waals surface area contributed by atoms with Gasteiger partial charge in [-0.05, 0) is 12.8 Å². The zero-order valence-corrected chi connectivity index (χ0v) is 12.2. The van der Waals surface area contributed by atoms with Gasteiger partial charge in [0.2, 0.25) is 0 Å². The summed E-state index contributed by atoms with van der Waals surface area (Å²) in [6.07, 6.45) is 0.975. The largest absolute Gasteiger partial charge is 0.477 e. The molecule has 0 aliphatic heterocycles. The lowest BCUT2D eigenvalue weighted by atomic mass is 10.0. The highest BCUT2D eigenvalue weighted by molar-refractivity contribution is 7.99. The van der Waals surface area contributed by atoms with Gasteiger partial charge < -0.3 is 5.11 Å². The minimum Gasteiger partial charge on any atom is -0.477 e. The zero-order valence-electron chi connectivity index (χ0n) is 10.6. The quantitative estimate of drug-likeness (QED) is 0.890. The molecule has 1 N–H and O–H groups in total. The predicted octanol–water partition coefficient (Wildman–Crippen LogP) is 4.43. The van der Waals surface area contributed by atoms with Gasteiger partial charge in [0, 0.05) is 11.0 Å². The van der Waals surface area contributed by atoms with Crippen molar-refractivity contribution in [3.8, 4) is 0 Å². The Morgan fingerprint density at radius 1 is 1.35 bits per heavy atom. The first-order chi connectivity index (χ1) is 9.38. The predicted molar refractivity (Wildman–Crippen MR) is 72.2 cm³/mol. The van der Waals surface area contributed by atoms with Crippen molar-refractivity contribution in [3.05, 3.63) is 15.6 Å². The number of aromatic nitrogens is 1. The number of carboxylic acid groups (broad SMARTS) is 1. The Bertz CT molecular complexity index is 482. The second-order valence-electron chi connectivity index (χ2n) is 4.66. The lowest BCUT2D eigenvalue weighted by Gasteiger charge is -2.20. The highest BCUT2D eigenvalue weighted by atomic mass is 32.2. The number of thiazole rings is 1. The van der Waals surface area contributed by atoms with Crippen molar-refractivity contribution in [1.82, 2.24) is 4.98 Å². The van der Waals surface area contributed by atoms with Crippen molar-refractivity contribution in [1.29, 1.82) is 0 Å². The fourth-order valence-corrected chi connectivity index (χ4v) is 4.45. The summed E-state index contributed by atoms with van der Waals surface area (Å²) in [4.78, 5) is 13.6. The summed E-state index contributed by atoms with van der Waals surface area (Å²) in [5.74, 6) is -1.21. The number of aromatic carboxylic acids is 1. The van der Waals surface area contributed by atoms with Crippen LogP contribution in [0.1, 0.15) is 52.5 Å². The van der Waals surface area contributed by atoms with E-state index in [2.05, 4.69) is 4.98 Å². The second-order valence-corrected chi connectivity index (χ2v) is 7.03. The number of hydrogen-bond donors (Lipinski definition) is 1. The van der Waals surface area contributed by atoms with E-state index in [4.69, 9.17) is 5.11 Å². The molecular weight excluding hydrogens is 311 g/mol. The van der Waals surface area contributed by atoms with Crippen LogP contribution in [0.2, 0.25) is 0 Å². The van der Waals surface area contributed by atoms with Crippen molar-refractivity contribution in [2.75, 3.05) is 0 Å². The first-order valence-electron chi connectivity index (χ1n) is 6.29. The Kier molecular flexibility index (Phi) is 4.95. The molecule has 1 aliphatic rings. The van der Waals surface area contributed by atoms with Crippen molar-refractivity contribution >= 4 is 29.1 Å². The molecule has 0 radical (unpaired) electrons. The fraction of sp³-hybridized carbons (Fsp3) is 0.667. The minimum atomic E-state index is -4.71. The SMILES string of the molecule is O=C(O)c1sc(CSC2CCCCC2)nc1C(F)(F)F. The standard InChI is InChI=1S/C12H14F3NO2S2/c13-12(14,15)10-9(11(17)18)20-8(16-10)6-19-7-4-2-1-3-5-7/h7H,1-6H2,(H,17,18). The van der Waals surface area contributed by atoms with Gasteiger partial charge in [-0.2, -0.15) is 24.9 Å². The summed E-state index contributed by atoms with van der Waals surface area (Å²) in [7, 11) is 0. The van der Waals surface area contributed by atoms with Crippen LogP contribution in [0, 0.1) is 0 Å². The van der Waals surface area contributed by atoms with Crippen LogP contribution in [0.4, 0.5) is 13.2 Å². The first-order valence-corrected chi connectivity index (χ1v) is 8.16. The molecule has 0 spiro atoms. The first kappa shape index (κ1) is 15.6.